The van der Waals surface area contributed by atoms with Crippen LogP contribution in [0.4, 0.5) is 5.82 Å². The number of benzene rings is 1. The lowest BCUT2D eigenvalue weighted by Crippen LogP contribution is -2.43. The van der Waals surface area contributed by atoms with Crippen LogP contribution in [0.1, 0.15) is 25.3 Å². The fourth-order valence-electron chi connectivity index (χ4n) is 3.63. The molecular weight excluding hydrogens is 408 g/mol. The van der Waals surface area contributed by atoms with Gasteiger partial charge in [-0.25, -0.2) is 13.4 Å². The fourth-order valence-corrected chi connectivity index (χ4v) is 4.90. The maximum Gasteiger partial charge on any atom is 0.221 e. The minimum atomic E-state index is -3.60. The molecule has 0 radical (unpaired) electrons. The Labute approximate surface area is 178 Å². The number of aromatic nitrogens is 2. The highest BCUT2D eigenvalue weighted by Crippen LogP contribution is 2.30. The van der Waals surface area contributed by atoms with Crippen molar-refractivity contribution in [2.75, 3.05) is 31.1 Å². The summed E-state index contributed by atoms with van der Waals surface area (Å²) >= 11 is 0. The molecule has 1 aliphatic rings. The van der Waals surface area contributed by atoms with E-state index in [0.717, 1.165) is 62.2 Å². The average molecular weight is 435 g/mol. The van der Waals surface area contributed by atoms with Gasteiger partial charge in [0, 0.05) is 37.8 Å². The van der Waals surface area contributed by atoms with E-state index < -0.39 is 9.84 Å². The number of nitrogens with zero attached hydrogens (tertiary/aromatic N) is 2. The van der Waals surface area contributed by atoms with Crippen molar-refractivity contribution in [2.45, 2.75) is 36.1 Å². The second-order valence-corrected chi connectivity index (χ2v) is 9.14. The summed E-state index contributed by atoms with van der Waals surface area (Å²) in [6.45, 7) is 5.67. The van der Waals surface area contributed by atoms with Gasteiger partial charge < -0.3 is 15.2 Å². The lowest BCUT2D eigenvalue weighted by molar-refractivity contribution is 0.586. The minimum Gasteiger partial charge on any atom is -0.354 e. The summed E-state index contributed by atoms with van der Waals surface area (Å²) in [5.41, 5.74) is 1.96. The number of unbranched alkanes of at least 4 members (excludes halogenated alkanes) is 1. The molecule has 29 heavy (non-hydrogen) atoms. The third kappa shape index (κ3) is 4.42. The monoisotopic (exact) mass is 434 g/mol. The zero-order chi connectivity index (χ0) is 19.6. The molecule has 1 aliphatic heterocycles. The third-order valence-electron chi connectivity index (χ3n) is 5.26. The van der Waals surface area contributed by atoms with Gasteiger partial charge in [-0.1, -0.05) is 25.5 Å². The molecule has 1 aromatic carbocycles. The predicted molar refractivity (Wildman–Crippen MR) is 119 cm³/mol. The van der Waals surface area contributed by atoms with Gasteiger partial charge in [0.1, 0.15) is 10.8 Å². The predicted octanol–water partition coefficient (Wildman–Crippen LogP) is 3.57. The number of pyridine rings is 1. The van der Waals surface area contributed by atoms with Crippen LogP contribution in [0, 0.1) is 0 Å². The van der Waals surface area contributed by atoms with Crippen molar-refractivity contribution in [3.8, 4) is 0 Å². The van der Waals surface area contributed by atoms with Crippen LogP contribution < -0.4 is 10.2 Å². The average Bonchev–Trinajstić information content (AvgIpc) is 3.18. The van der Waals surface area contributed by atoms with E-state index in [0.29, 0.717) is 4.90 Å². The Balaban J connectivity index is 0.00000240. The maximum absolute atomic E-state index is 13.1. The SMILES string of the molecule is CCCCc1ccc(S(=O)(=O)c2cc3c(N4CCNCC4)nccc3[nH]2)cc1.Cl. The Morgan fingerprint density at radius 2 is 1.83 bits per heavy atom. The van der Waals surface area contributed by atoms with E-state index in [-0.39, 0.29) is 17.4 Å². The Hall–Kier alpha value is -2.09. The first-order chi connectivity index (χ1) is 13.6. The van der Waals surface area contributed by atoms with E-state index in [1.807, 2.05) is 18.2 Å². The van der Waals surface area contributed by atoms with Crippen molar-refractivity contribution >= 4 is 39.0 Å². The van der Waals surface area contributed by atoms with Gasteiger partial charge in [0.2, 0.25) is 9.84 Å². The van der Waals surface area contributed by atoms with Crippen LogP contribution in [0.25, 0.3) is 10.9 Å². The molecule has 6 nitrogen and oxygen atoms in total. The van der Waals surface area contributed by atoms with Crippen molar-refractivity contribution in [3.63, 3.8) is 0 Å². The van der Waals surface area contributed by atoms with Crippen LogP contribution in [0.2, 0.25) is 0 Å². The lowest BCUT2D eigenvalue weighted by atomic mass is 10.1. The Bertz CT molecular complexity index is 1060. The van der Waals surface area contributed by atoms with E-state index in [2.05, 4.69) is 27.1 Å². The quantitative estimate of drug-likeness (QED) is 0.620. The number of fused-ring (bicyclic) bond motifs is 1. The minimum absolute atomic E-state index is 0. The Kier molecular flexibility index (Phi) is 6.82. The highest BCUT2D eigenvalue weighted by molar-refractivity contribution is 7.91. The summed E-state index contributed by atoms with van der Waals surface area (Å²) in [5, 5.41) is 4.39. The molecule has 0 spiro atoms. The van der Waals surface area contributed by atoms with Gasteiger partial charge in [-0.05, 0) is 42.7 Å². The number of piperazine rings is 1. The van der Waals surface area contributed by atoms with Crippen LogP contribution in [0.5, 0.6) is 0 Å². The number of anilines is 1. The molecule has 0 bridgehead atoms. The number of halogens is 1. The van der Waals surface area contributed by atoms with Crippen molar-refractivity contribution in [2.24, 2.45) is 0 Å². The number of sulfone groups is 1. The molecule has 3 heterocycles. The van der Waals surface area contributed by atoms with Gasteiger partial charge in [-0.15, -0.1) is 12.4 Å². The first kappa shape index (κ1) is 21.6. The molecule has 0 atom stereocenters. The van der Waals surface area contributed by atoms with E-state index in [1.54, 1.807) is 24.4 Å². The summed E-state index contributed by atoms with van der Waals surface area (Å²) in [7, 11) is -3.60. The summed E-state index contributed by atoms with van der Waals surface area (Å²) in [4.78, 5) is 10.1. The van der Waals surface area contributed by atoms with Gasteiger partial charge >= 0.3 is 0 Å². The van der Waals surface area contributed by atoms with E-state index >= 15 is 0 Å². The molecular formula is C21H27ClN4O2S. The Morgan fingerprint density at radius 1 is 1.10 bits per heavy atom. The van der Waals surface area contributed by atoms with E-state index in [1.165, 1.54) is 5.56 Å². The highest BCUT2D eigenvalue weighted by atomic mass is 35.5. The molecule has 0 unspecified atom stereocenters. The first-order valence-electron chi connectivity index (χ1n) is 9.87. The molecule has 0 saturated carbocycles. The van der Waals surface area contributed by atoms with Crippen LogP contribution >= 0.6 is 12.4 Å². The van der Waals surface area contributed by atoms with Crippen molar-refractivity contribution in [3.05, 3.63) is 48.2 Å². The van der Waals surface area contributed by atoms with Crippen LogP contribution in [0.3, 0.4) is 0 Å². The molecule has 156 valence electrons. The number of H-pyrrole nitrogens is 1. The molecule has 1 saturated heterocycles. The number of nitrogens with one attached hydrogen (secondary N) is 2. The fraction of sp³-hybridized carbons (Fsp3) is 0.381. The second-order valence-electron chi connectivity index (χ2n) is 7.22. The van der Waals surface area contributed by atoms with Gasteiger partial charge in [0.05, 0.1) is 10.4 Å². The zero-order valence-corrected chi connectivity index (χ0v) is 18.2. The van der Waals surface area contributed by atoms with Gasteiger partial charge in [0.15, 0.2) is 0 Å². The lowest BCUT2D eigenvalue weighted by Gasteiger charge is -2.28. The number of aromatic amines is 1. The summed E-state index contributed by atoms with van der Waals surface area (Å²) in [6, 6.07) is 10.8. The number of hydrogen-bond donors (Lipinski definition) is 2. The van der Waals surface area contributed by atoms with Crippen molar-refractivity contribution in [1.29, 1.82) is 0 Å². The van der Waals surface area contributed by atoms with Crippen LogP contribution in [-0.4, -0.2) is 44.6 Å². The number of aryl methyl sites for hydroxylation is 1. The van der Waals surface area contributed by atoms with Gasteiger partial charge in [0.25, 0.3) is 0 Å². The molecule has 4 rings (SSSR count). The summed E-state index contributed by atoms with van der Waals surface area (Å²) in [5.74, 6) is 0.839. The summed E-state index contributed by atoms with van der Waals surface area (Å²) in [6.07, 6.45) is 4.94. The number of rotatable bonds is 6. The molecule has 0 amide bonds. The largest absolute Gasteiger partial charge is 0.354 e. The van der Waals surface area contributed by atoms with E-state index in [9.17, 15) is 8.42 Å². The molecule has 1 fully saturated rings. The highest BCUT2D eigenvalue weighted by Gasteiger charge is 2.23. The standard InChI is InChI=1S/C21H26N4O2S.ClH/c1-2-3-4-16-5-7-17(8-6-16)28(26,27)20-15-18-19(24-20)9-10-23-21(18)25-13-11-22-12-14-25;/h5-10,15,22,24H,2-4,11-14H2,1H3;1H. The first-order valence-corrected chi connectivity index (χ1v) is 11.4. The van der Waals surface area contributed by atoms with Crippen LogP contribution in [0.15, 0.2) is 52.5 Å². The maximum atomic E-state index is 13.1. The van der Waals surface area contributed by atoms with Gasteiger partial charge in [-0.3, -0.25) is 0 Å². The van der Waals surface area contributed by atoms with Crippen molar-refractivity contribution in [1.82, 2.24) is 15.3 Å². The number of hydrogen-bond acceptors (Lipinski definition) is 5. The normalized spacial score (nSPS) is 14.7. The Morgan fingerprint density at radius 3 is 2.52 bits per heavy atom. The smallest absolute Gasteiger partial charge is 0.221 e. The van der Waals surface area contributed by atoms with Crippen LogP contribution in [-0.2, 0) is 16.3 Å². The van der Waals surface area contributed by atoms with E-state index in [4.69, 9.17) is 0 Å². The zero-order valence-electron chi connectivity index (χ0n) is 16.5. The summed E-state index contributed by atoms with van der Waals surface area (Å²) < 4.78 is 26.3. The molecule has 0 aliphatic carbocycles. The molecule has 2 aromatic heterocycles. The van der Waals surface area contributed by atoms with Gasteiger partial charge in [-0.2, -0.15) is 0 Å². The molecule has 8 heteroatoms. The van der Waals surface area contributed by atoms with Crippen molar-refractivity contribution < 1.29 is 8.42 Å². The topological polar surface area (TPSA) is 78.1 Å². The molecule has 2 N–H and O–H groups in total. The second kappa shape index (κ2) is 9.15. The molecule has 3 aromatic rings. The third-order valence-corrected chi connectivity index (χ3v) is 6.95.